The van der Waals surface area contributed by atoms with E-state index < -0.39 is 0 Å². The molecule has 4 heteroatoms. The Balaban J connectivity index is 1.88. The van der Waals surface area contributed by atoms with Crippen LogP contribution in [-0.4, -0.2) is 25.2 Å². The number of nitrogens with one attached hydrogen (secondary N) is 1. The van der Waals surface area contributed by atoms with Crippen LogP contribution in [0.2, 0.25) is 0 Å². The van der Waals surface area contributed by atoms with Crippen LogP contribution in [0, 0.1) is 5.82 Å². The van der Waals surface area contributed by atoms with Gasteiger partial charge in [-0.2, -0.15) is 0 Å². The van der Waals surface area contributed by atoms with Gasteiger partial charge in [-0.05, 0) is 44.0 Å². The van der Waals surface area contributed by atoms with Crippen LogP contribution < -0.4 is 10.2 Å². The Kier molecular flexibility index (Phi) is 3.81. The summed E-state index contributed by atoms with van der Waals surface area (Å²) in [6.07, 6.45) is 6.11. The second-order valence-electron chi connectivity index (χ2n) is 5.79. The summed E-state index contributed by atoms with van der Waals surface area (Å²) < 4.78 is 15.0. The number of benzene rings is 1. The van der Waals surface area contributed by atoms with Gasteiger partial charge < -0.3 is 10.2 Å². The number of nitrogens with zero attached hydrogens (tertiary/aromatic N) is 1. The molecule has 1 aromatic carbocycles. The fraction of sp³-hybridized carbons (Fsp3) is 0.600. The molecule has 0 radical (unpaired) electrons. The minimum atomic E-state index is -0.113. The van der Waals surface area contributed by atoms with E-state index in [4.69, 9.17) is 0 Å². The predicted molar refractivity (Wildman–Crippen MR) is 80.1 cm³/mol. The molecule has 1 spiro atoms. The van der Waals surface area contributed by atoms with Gasteiger partial charge in [-0.3, -0.25) is 0 Å². The van der Waals surface area contributed by atoms with E-state index in [-0.39, 0.29) is 11.4 Å². The van der Waals surface area contributed by atoms with Crippen molar-refractivity contribution in [2.45, 2.75) is 37.6 Å². The fourth-order valence-electron chi connectivity index (χ4n) is 3.44. The summed E-state index contributed by atoms with van der Waals surface area (Å²) in [4.78, 5) is 2.23. The highest BCUT2D eigenvalue weighted by molar-refractivity contribution is 9.10. The van der Waals surface area contributed by atoms with Gasteiger partial charge in [0.2, 0.25) is 0 Å². The van der Waals surface area contributed by atoms with Gasteiger partial charge in [0.05, 0.1) is 5.69 Å². The fourth-order valence-corrected chi connectivity index (χ4v) is 3.79. The highest BCUT2D eigenvalue weighted by Crippen LogP contribution is 2.34. The van der Waals surface area contributed by atoms with Gasteiger partial charge >= 0.3 is 0 Å². The Hall–Kier alpha value is -0.610. The van der Waals surface area contributed by atoms with Gasteiger partial charge in [0.1, 0.15) is 5.82 Å². The van der Waals surface area contributed by atoms with Crippen LogP contribution in [0.4, 0.5) is 10.1 Å². The monoisotopic (exact) mass is 326 g/mol. The van der Waals surface area contributed by atoms with E-state index in [1.165, 1.54) is 25.7 Å². The van der Waals surface area contributed by atoms with Crippen molar-refractivity contribution in [2.24, 2.45) is 0 Å². The molecule has 1 aliphatic heterocycles. The maximum absolute atomic E-state index is 14.1. The summed E-state index contributed by atoms with van der Waals surface area (Å²) >= 11 is 3.45. The van der Waals surface area contributed by atoms with Crippen molar-refractivity contribution < 1.29 is 4.39 Å². The van der Waals surface area contributed by atoms with Crippen molar-refractivity contribution in [1.29, 1.82) is 0 Å². The van der Waals surface area contributed by atoms with E-state index in [9.17, 15) is 4.39 Å². The van der Waals surface area contributed by atoms with Gasteiger partial charge in [0, 0.05) is 23.1 Å². The summed E-state index contributed by atoms with van der Waals surface area (Å²) in [6, 6.07) is 5.22. The van der Waals surface area contributed by atoms with Crippen molar-refractivity contribution in [3.63, 3.8) is 0 Å². The lowest BCUT2D eigenvalue weighted by Crippen LogP contribution is -2.49. The standard InChI is InChI=1S/C15H20BrFN2/c16-12-4-5-13(17)14(10-12)19-9-3-8-18-15(11-19)6-1-2-7-15/h4-5,10,18H,1-3,6-9,11H2. The molecule has 1 aliphatic carbocycles. The molecule has 0 atom stereocenters. The van der Waals surface area contributed by atoms with Gasteiger partial charge in [-0.1, -0.05) is 28.8 Å². The quantitative estimate of drug-likeness (QED) is 0.846. The SMILES string of the molecule is Fc1ccc(Br)cc1N1CCCNC2(CCCC2)C1. The van der Waals surface area contributed by atoms with Crippen LogP contribution in [0.15, 0.2) is 22.7 Å². The molecular formula is C15H20BrFN2. The van der Waals surface area contributed by atoms with Gasteiger partial charge in [0.15, 0.2) is 0 Å². The molecule has 1 heterocycles. The lowest BCUT2D eigenvalue weighted by atomic mass is 9.97. The Bertz CT molecular complexity index is 457. The lowest BCUT2D eigenvalue weighted by Gasteiger charge is -2.34. The first-order valence-corrected chi connectivity index (χ1v) is 7.93. The average molecular weight is 327 g/mol. The molecule has 0 unspecified atom stereocenters. The minimum absolute atomic E-state index is 0.113. The Morgan fingerprint density at radius 2 is 2.00 bits per heavy atom. The minimum Gasteiger partial charge on any atom is -0.367 e. The Labute approximate surface area is 122 Å². The largest absolute Gasteiger partial charge is 0.367 e. The summed E-state index contributed by atoms with van der Waals surface area (Å²) in [6.45, 7) is 2.91. The molecule has 2 nitrogen and oxygen atoms in total. The van der Waals surface area contributed by atoms with Crippen LogP contribution >= 0.6 is 15.9 Å². The lowest BCUT2D eigenvalue weighted by molar-refractivity contribution is 0.354. The third-order valence-electron chi connectivity index (χ3n) is 4.41. The molecule has 0 amide bonds. The molecule has 0 aromatic heterocycles. The van der Waals surface area contributed by atoms with Crippen molar-refractivity contribution >= 4 is 21.6 Å². The third kappa shape index (κ3) is 2.79. The van der Waals surface area contributed by atoms with Gasteiger partial charge in [-0.15, -0.1) is 0 Å². The number of rotatable bonds is 1. The highest BCUT2D eigenvalue weighted by Gasteiger charge is 2.36. The predicted octanol–water partition coefficient (Wildman–Crippen LogP) is 3.70. The normalized spacial score (nSPS) is 22.7. The zero-order valence-electron chi connectivity index (χ0n) is 11.1. The number of anilines is 1. The first kappa shape index (κ1) is 13.4. The summed E-state index contributed by atoms with van der Waals surface area (Å²) in [5, 5.41) is 3.71. The maximum Gasteiger partial charge on any atom is 0.146 e. The van der Waals surface area contributed by atoms with E-state index in [1.54, 1.807) is 12.1 Å². The van der Waals surface area contributed by atoms with Crippen LogP contribution in [0.1, 0.15) is 32.1 Å². The average Bonchev–Trinajstić information content (AvgIpc) is 2.74. The first-order valence-electron chi connectivity index (χ1n) is 7.14. The Morgan fingerprint density at radius 1 is 1.21 bits per heavy atom. The van der Waals surface area contributed by atoms with Crippen LogP contribution in [0.5, 0.6) is 0 Å². The zero-order chi connectivity index (χ0) is 13.3. The van der Waals surface area contributed by atoms with E-state index >= 15 is 0 Å². The van der Waals surface area contributed by atoms with Crippen molar-refractivity contribution in [2.75, 3.05) is 24.5 Å². The molecule has 2 fully saturated rings. The van der Waals surface area contributed by atoms with E-state index in [1.807, 2.05) is 6.07 Å². The molecule has 104 valence electrons. The zero-order valence-corrected chi connectivity index (χ0v) is 12.7. The molecule has 1 saturated heterocycles. The molecular weight excluding hydrogens is 307 g/mol. The first-order chi connectivity index (χ1) is 9.19. The molecule has 2 aliphatic rings. The van der Waals surface area contributed by atoms with Crippen molar-refractivity contribution in [3.8, 4) is 0 Å². The number of halogens is 2. The summed E-state index contributed by atoms with van der Waals surface area (Å²) in [7, 11) is 0. The number of hydrogen-bond donors (Lipinski definition) is 1. The molecule has 19 heavy (non-hydrogen) atoms. The molecule has 1 N–H and O–H groups in total. The Morgan fingerprint density at radius 3 is 2.79 bits per heavy atom. The van der Waals surface area contributed by atoms with Crippen molar-refractivity contribution in [1.82, 2.24) is 5.32 Å². The molecule has 1 saturated carbocycles. The topological polar surface area (TPSA) is 15.3 Å². The van der Waals surface area contributed by atoms with Crippen molar-refractivity contribution in [3.05, 3.63) is 28.5 Å². The highest BCUT2D eigenvalue weighted by atomic mass is 79.9. The van der Waals surface area contributed by atoms with Crippen LogP contribution in [0.25, 0.3) is 0 Å². The van der Waals surface area contributed by atoms with Crippen LogP contribution in [-0.2, 0) is 0 Å². The molecule has 3 rings (SSSR count). The van der Waals surface area contributed by atoms with Gasteiger partial charge in [0.25, 0.3) is 0 Å². The molecule has 0 bridgehead atoms. The molecule has 1 aromatic rings. The summed E-state index contributed by atoms with van der Waals surface area (Å²) in [5.41, 5.74) is 0.954. The van der Waals surface area contributed by atoms with Crippen LogP contribution in [0.3, 0.4) is 0 Å². The maximum atomic E-state index is 14.1. The van der Waals surface area contributed by atoms with Gasteiger partial charge in [-0.25, -0.2) is 4.39 Å². The smallest absolute Gasteiger partial charge is 0.146 e. The second kappa shape index (κ2) is 5.41. The second-order valence-corrected chi connectivity index (χ2v) is 6.70. The van der Waals surface area contributed by atoms with E-state index in [0.717, 1.165) is 36.2 Å². The third-order valence-corrected chi connectivity index (χ3v) is 4.90. The summed E-state index contributed by atoms with van der Waals surface area (Å²) in [5.74, 6) is -0.113. The van der Waals surface area contributed by atoms with E-state index in [2.05, 4.69) is 26.1 Å². The number of hydrogen-bond acceptors (Lipinski definition) is 2. The van der Waals surface area contributed by atoms with E-state index in [0.29, 0.717) is 0 Å².